The van der Waals surface area contributed by atoms with E-state index in [9.17, 15) is 0 Å². The molecule has 3 heterocycles. The molecule has 1 aliphatic heterocycles. The first-order valence-electron chi connectivity index (χ1n) is 10.6. The molecule has 0 saturated carbocycles. The van der Waals surface area contributed by atoms with Gasteiger partial charge in [-0.3, -0.25) is 4.99 Å². The van der Waals surface area contributed by atoms with Gasteiger partial charge in [0, 0.05) is 55.2 Å². The number of rotatable bonds is 8. The van der Waals surface area contributed by atoms with Crippen LogP contribution in [0.25, 0.3) is 0 Å². The van der Waals surface area contributed by atoms with Gasteiger partial charge < -0.3 is 24.5 Å². The first kappa shape index (κ1) is 24.4. The Hall–Kier alpha value is -2.27. The highest BCUT2D eigenvalue weighted by atomic mass is 127. The van der Waals surface area contributed by atoms with E-state index in [-0.39, 0.29) is 24.0 Å². The molecule has 7 nitrogen and oxygen atoms in total. The molecule has 32 heavy (non-hydrogen) atoms. The highest BCUT2D eigenvalue weighted by molar-refractivity contribution is 14.0. The van der Waals surface area contributed by atoms with E-state index >= 15 is 0 Å². The van der Waals surface area contributed by atoms with Crippen LogP contribution >= 0.6 is 35.3 Å². The second-order valence-corrected chi connectivity index (χ2v) is 8.25. The number of guanidine groups is 1. The SMILES string of the molecule is Cc1csc(CCCN=C(NCCc2ccco2)Nc2ccc3c(c2)OCCCO3)n1.I. The largest absolute Gasteiger partial charge is 0.490 e. The fourth-order valence-corrected chi connectivity index (χ4v) is 4.03. The van der Waals surface area contributed by atoms with Crippen LogP contribution in [0.1, 0.15) is 29.3 Å². The fraction of sp³-hybridized carbons (Fsp3) is 0.391. The molecule has 0 spiro atoms. The Labute approximate surface area is 209 Å². The first-order valence-corrected chi connectivity index (χ1v) is 11.5. The monoisotopic (exact) mass is 568 g/mol. The Balaban J connectivity index is 0.00000289. The van der Waals surface area contributed by atoms with Gasteiger partial charge in [-0.2, -0.15) is 0 Å². The highest BCUT2D eigenvalue weighted by Crippen LogP contribution is 2.32. The van der Waals surface area contributed by atoms with Gasteiger partial charge in [0.2, 0.25) is 0 Å². The second-order valence-electron chi connectivity index (χ2n) is 7.31. The number of furan rings is 1. The summed E-state index contributed by atoms with van der Waals surface area (Å²) < 4.78 is 17.0. The van der Waals surface area contributed by atoms with Crippen molar-refractivity contribution in [2.75, 3.05) is 31.6 Å². The number of nitrogens with one attached hydrogen (secondary N) is 2. The van der Waals surface area contributed by atoms with Crippen LogP contribution in [-0.4, -0.2) is 37.2 Å². The fourth-order valence-electron chi connectivity index (χ4n) is 3.21. The van der Waals surface area contributed by atoms with Crippen LogP contribution < -0.4 is 20.1 Å². The van der Waals surface area contributed by atoms with Crippen LogP contribution in [0.4, 0.5) is 5.69 Å². The average molecular weight is 568 g/mol. The number of aromatic nitrogens is 1. The van der Waals surface area contributed by atoms with Crippen LogP contribution in [0.5, 0.6) is 11.5 Å². The van der Waals surface area contributed by atoms with Gasteiger partial charge >= 0.3 is 0 Å². The van der Waals surface area contributed by atoms with Crippen molar-refractivity contribution in [2.24, 2.45) is 4.99 Å². The van der Waals surface area contributed by atoms with E-state index in [0.29, 0.717) is 19.8 Å². The summed E-state index contributed by atoms with van der Waals surface area (Å²) in [5, 5.41) is 10.0. The van der Waals surface area contributed by atoms with Gasteiger partial charge in [-0.1, -0.05) is 0 Å². The molecule has 172 valence electrons. The Kier molecular flexibility index (Phi) is 9.66. The molecule has 4 rings (SSSR count). The number of thiazole rings is 1. The van der Waals surface area contributed by atoms with Crippen LogP contribution in [0.15, 0.2) is 51.4 Å². The Morgan fingerprint density at radius 3 is 2.81 bits per heavy atom. The summed E-state index contributed by atoms with van der Waals surface area (Å²) in [5.41, 5.74) is 1.99. The maximum atomic E-state index is 5.81. The Morgan fingerprint density at radius 1 is 1.16 bits per heavy atom. The number of hydrogen-bond donors (Lipinski definition) is 2. The quantitative estimate of drug-likeness (QED) is 0.171. The molecule has 1 aromatic carbocycles. The zero-order chi connectivity index (χ0) is 21.3. The third-order valence-corrected chi connectivity index (χ3v) is 5.77. The van der Waals surface area contributed by atoms with Crippen molar-refractivity contribution >= 4 is 47.0 Å². The highest BCUT2D eigenvalue weighted by Gasteiger charge is 2.11. The molecule has 0 bridgehead atoms. The number of aliphatic imine (C=N–C) groups is 1. The van der Waals surface area contributed by atoms with E-state index in [0.717, 1.165) is 71.8 Å². The normalized spacial score (nSPS) is 13.2. The number of fused-ring (bicyclic) bond motifs is 1. The predicted octanol–water partition coefficient (Wildman–Crippen LogP) is 5.06. The summed E-state index contributed by atoms with van der Waals surface area (Å²) in [6.07, 6.45) is 5.25. The van der Waals surface area contributed by atoms with Gasteiger partial charge in [-0.15, -0.1) is 35.3 Å². The lowest BCUT2D eigenvalue weighted by Crippen LogP contribution is -2.32. The number of benzene rings is 1. The minimum atomic E-state index is 0. The number of ether oxygens (including phenoxy) is 2. The number of halogens is 1. The van der Waals surface area contributed by atoms with Crippen molar-refractivity contribution in [3.63, 3.8) is 0 Å². The molecule has 0 fully saturated rings. The number of aryl methyl sites for hydroxylation is 2. The molecule has 0 saturated heterocycles. The third kappa shape index (κ3) is 7.40. The van der Waals surface area contributed by atoms with Gasteiger partial charge in [0.25, 0.3) is 0 Å². The zero-order valence-corrected chi connectivity index (χ0v) is 21.3. The maximum absolute atomic E-state index is 5.81. The molecular formula is C23H29IN4O3S. The predicted molar refractivity (Wildman–Crippen MR) is 139 cm³/mol. The molecule has 2 aromatic heterocycles. The molecule has 9 heteroatoms. The summed E-state index contributed by atoms with van der Waals surface area (Å²) in [7, 11) is 0. The molecule has 2 N–H and O–H groups in total. The summed E-state index contributed by atoms with van der Waals surface area (Å²) in [4.78, 5) is 9.28. The second kappa shape index (κ2) is 12.7. The van der Waals surface area contributed by atoms with Crippen molar-refractivity contribution < 1.29 is 13.9 Å². The summed E-state index contributed by atoms with van der Waals surface area (Å²) in [5.74, 6) is 3.22. The van der Waals surface area contributed by atoms with Crippen LogP contribution in [-0.2, 0) is 12.8 Å². The van der Waals surface area contributed by atoms with E-state index in [1.807, 2.05) is 37.3 Å². The van der Waals surface area contributed by atoms with Crippen LogP contribution in [0.2, 0.25) is 0 Å². The molecule has 0 aliphatic carbocycles. The number of nitrogens with zero attached hydrogens (tertiary/aromatic N) is 2. The number of hydrogen-bond acceptors (Lipinski definition) is 6. The topological polar surface area (TPSA) is 80.9 Å². The van der Waals surface area contributed by atoms with Crippen molar-refractivity contribution in [3.8, 4) is 11.5 Å². The third-order valence-electron chi connectivity index (χ3n) is 4.74. The molecule has 0 atom stereocenters. The molecule has 3 aromatic rings. The van der Waals surface area contributed by atoms with Crippen LogP contribution in [0, 0.1) is 6.92 Å². The van der Waals surface area contributed by atoms with Gasteiger partial charge in [0.15, 0.2) is 17.5 Å². The standard InChI is InChI=1S/C23H28N4O3S.HI/c1-17-16-31-22(26-17)6-2-10-24-23(25-11-9-19-5-3-12-28-19)27-18-7-8-20-21(15-18)30-14-4-13-29-20;/h3,5,7-8,12,15-16H,2,4,6,9-11,13-14H2,1H3,(H2,24,25,27);1H. The summed E-state index contributed by atoms with van der Waals surface area (Å²) in [6.45, 7) is 4.79. The Bertz CT molecular complexity index is 991. The van der Waals surface area contributed by atoms with Crippen molar-refractivity contribution in [1.82, 2.24) is 10.3 Å². The lowest BCUT2D eigenvalue weighted by molar-refractivity contribution is 0.297. The summed E-state index contributed by atoms with van der Waals surface area (Å²) in [6, 6.07) is 9.76. The average Bonchev–Trinajstić information content (AvgIpc) is 3.37. The lowest BCUT2D eigenvalue weighted by Gasteiger charge is -2.14. The van der Waals surface area contributed by atoms with Gasteiger partial charge in [0.05, 0.1) is 24.5 Å². The number of anilines is 1. The first-order chi connectivity index (χ1) is 15.3. The van der Waals surface area contributed by atoms with E-state index < -0.39 is 0 Å². The van der Waals surface area contributed by atoms with E-state index in [4.69, 9.17) is 18.9 Å². The van der Waals surface area contributed by atoms with Crippen molar-refractivity contribution in [2.45, 2.75) is 32.6 Å². The minimum absolute atomic E-state index is 0. The smallest absolute Gasteiger partial charge is 0.195 e. The zero-order valence-electron chi connectivity index (χ0n) is 18.1. The van der Waals surface area contributed by atoms with Gasteiger partial charge in [-0.05, 0) is 37.6 Å². The van der Waals surface area contributed by atoms with Crippen LogP contribution in [0.3, 0.4) is 0 Å². The molecule has 0 radical (unpaired) electrons. The van der Waals surface area contributed by atoms with Gasteiger partial charge in [-0.25, -0.2) is 4.98 Å². The molecular weight excluding hydrogens is 539 g/mol. The maximum Gasteiger partial charge on any atom is 0.195 e. The lowest BCUT2D eigenvalue weighted by atomic mass is 10.2. The van der Waals surface area contributed by atoms with Crippen molar-refractivity contribution in [3.05, 3.63) is 58.4 Å². The van der Waals surface area contributed by atoms with Crippen molar-refractivity contribution in [1.29, 1.82) is 0 Å². The molecule has 0 amide bonds. The van der Waals surface area contributed by atoms with E-state index in [1.165, 1.54) is 0 Å². The summed E-state index contributed by atoms with van der Waals surface area (Å²) >= 11 is 1.71. The van der Waals surface area contributed by atoms with E-state index in [2.05, 4.69) is 21.0 Å². The van der Waals surface area contributed by atoms with Gasteiger partial charge in [0.1, 0.15) is 5.76 Å². The Morgan fingerprint density at radius 2 is 2.03 bits per heavy atom. The molecule has 0 unspecified atom stereocenters. The van der Waals surface area contributed by atoms with E-state index in [1.54, 1.807) is 17.6 Å². The minimum Gasteiger partial charge on any atom is -0.490 e. The molecule has 1 aliphatic rings.